The van der Waals surface area contributed by atoms with Gasteiger partial charge < -0.3 is 5.21 Å². The van der Waals surface area contributed by atoms with Gasteiger partial charge in [-0.2, -0.15) is 5.06 Å². The average molecular weight is 131 g/mol. The highest BCUT2D eigenvalue weighted by atomic mass is 16.5. The summed E-state index contributed by atoms with van der Waals surface area (Å²) >= 11 is 0. The Labute approximate surface area is 57.4 Å². The molecule has 0 bridgehead atoms. The minimum atomic E-state index is -0.131. The highest BCUT2D eigenvalue weighted by molar-refractivity contribution is 4.70. The van der Waals surface area contributed by atoms with Crippen LogP contribution in [0.3, 0.4) is 0 Å². The van der Waals surface area contributed by atoms with E-state index in [2.05, 4.69) is 0 Å². The van der Waals surface area contributed by atoms with E-state index in [1.807, 2.05) is 34.6 Å². The Hall–Kier alpha value is -0.0800. The van der Waals surface area contributed by atoms with Crippen LogP contribution in [0.2, 0.25) is 0 Å². The Bertz CT molecular complexity index is 83.4. The van der Waals surface area contributed by atoms with Crippen molar-refractivity contribution in [3.8, 4) is 0 Å². The summed E-state index contributed by atoms with van der Waals surface area (Å²) in [6.45, 7) is 9.86. The Kier molecular flexibility index (Phi) is 2.65. The zero-order valence-electron chi connectivity index (χ0n) is 6.97. The molecule has 56 valence electrons. The standard InChI is InChI=1S/C7H17NO/c1-6(2)8(9)7(3,4)5/h6,9H,1-5H3. The molecule has 0 aromatic carbocycles. The molecular weight excluding hydrogens is 114 g/mol. The lowest BCUT2D eigenvalue weighted by atomic mass is 10.1. The maximum Gasteiger partial charge on any atom is 0.0379 e. The number of hydrogen-bond donors (Lipinski definition) is 1. The fourth-order valence-corrected chi connectivity index (χ4v) is 0.775. The zero-order valence-corrected chi connectivity index (χ0v) is 6.97. The van der Waals surface area contributed by atoms with Gasteiger partial charge in [-0.15, -0.1) is 0 Å². The minimum absolute atomic E-state index is 0.131. The summed E-state index contributed by atoms with van der Waals surface area (Å²) in [7, 11) is 0. The van der Waals surface area contributed by atoms with Crippen LogP contribution in [0.25, 0.3) is 0 Å². The van der Waals surface area contributed by atoms with Crippen LogP contribution >= 0.6 is 0 Å². The van der Waals surface area contributed by atoms with E-state index in [0.29, 0.717) is 0 Å². The Morgan fingerprint density at radius 1 is 1.22 bits per heavy atom. The van der Waals surface area contributed by atoms with Gasteiger partial charge in [0.15, 0.2) is 0 Å². The molecule has 0 amide bonds. The van der Waals surface area contributed by atoms with E-state index in [9.17, 15) is 5.21 Å². The predicted molar refractivity (Wildman–Crippen MR) is 38.5 cm³/mol. The van der Waals surface area contributed by atoms with Gasteiger partial charge in [-0.1, -0.05) is 0 Å². The quantitative estimate of drug-likeness (QED) is 0.549. The second kappa shape index (κ2) is 2.67. The lowest BCUT2D eigenvalue weighted by molar-refractivity contribution is -0.178. The van der Waals surface area contributed by atoms with Crippen LogP contribution in [-0.2, 0) is 0 Å². The van der Waals surface area contributed by atoms with E-state index < -0.39 is 0 Å². The van der Waals surface area contributed by atoms with Crippen molar-refractivity contribution in [2.45, 2.75) is 46.2 Å². The molecule has 0 aliphatic heterocycles. The third-order valence-electron chi connectivity index (χ3n) is 1.18. The molecule has 0 aromatic rings. The van der Waals surface area contributed by atoms with Gasteiger partial charge in [-0.3, -0.25) is 0 Å². The first kappa shape index (κ1) is 8.92. The van der Waals surface area contributed by atoms with Crippen molar-refractivity contribution >= 4 is 0 Å². The molecule has 0 saturated carbocycles. The average Bonchev–Trinajstić information content (AvgIpc) is 1.62. The molecule has 0 saturated heterocycles. The van der Waals surface area contributed by atoms with Crippen LogP contribution < -0.4 is 0 Å². The Morgan fingerprint density at radius 2 is 1.56 bits per heavy atom. The monoisotopic (exact) mass is 131 g/mol. The molecule has 0 aliphatic rings. The second-order valence-corrected chi connectivity index (χ2v) is 3.61. The van der Waals surface area contributed by atoms with E-state index in [1.54, 1.807) is 0 Å². The molecule has 2 nitrogen and oxygen atoms in total. The normalized spacial score (nSPS) is 13.3. The Balaban J connectivity index is 3.88. The van der Waals surface area contributed by atoms with Gasteiger partial charge in [0, 0.05) is 11.6 Å². The molecule has 0 aliphatic carbocycles. The molecule has 2 heteroatoms. The van der Waals surface area contributed by atoms with Crippen molar-refractivity contribution in [3.05, 3.63) is 0 Å². The molecule has 0 radical (unpaired) electrons. The van der Waals surface area contributed by atoms with E-state index >= 15 is 0 Å². The molecule has 1 N–H and O–H groups in total. The first-order valence-corrected chi connectivity index (χ1v) is 3.34. The van der Waals surface area contributed by atoms with Crippen LogP contribution in [0, 0.1) is 0 Å². The van der Waals surface area contributed by atoms with Gasteiger partial charge in [0.2, 0.25) is 0 Å². The van der Waals surface area contributed by atoms with Gasteiger partial charge in [0.05, 0.1) is 0 Å². The largest absolute Gasteiger partial charge is 0.313 e. The SMILES string of the molecule is CC(C)N(O)C(C)(C)C. The van der Waals surface area contributed by atoms with Crippen molar-refractivity contribution in [2.24, 2.45) is 0 Å². The number of rotatable bonds is 1. The lowest BCUT2D eigenvalue weighted by Gasteiger charge is -2.32. The van der Waals surface area contributed by atoms with E-state index in [0.717, 1.165) is 0 Å². The summed E-state index contributed by atoms with van der Waals surface area (Å²) in [5, 5.41) is 10.7. The van der Waals surface area contributed by atoms with Gasteiger partial charge in [-0.25, -0.2) is 0 Å². The number of nitrogens with zero attached hydrogens (tertiary/aromatic N) is 1. The maximum atomic E-state index is 9.30. The van der Waals surface area contributed by atoms with Gasteiger partial charge in [0.1, 0.15) is 0 Å². The number of hydroxylamine groups is 2. The van der Waals surface area contributed by atoms with Crippen LogP contribution in [0.15, 0.2) is 0 Å². The van der Waals surface area contributed by atoms with Gasteiger partial charge in [0.25, 0.3) is 0 Å². The van der Waals surface area contributed by atoms with Crippen molar-refractivity contribution < 1.29 is 5.21 Å². The first-order valence-electron chi connectivity index (χ1n) is 3.34. The van der Waals surface area contributed by atoms with E-state index in [4.69, 9.17) is 0 Å². The molecular formula is C7H17NO. The fourth-order valence-electron chi connectivity index (χ4n) is 0.775. The topological polar surface area (TPSA) is 23.5 Å². The first-order chi connectivity index (χ1) is 3.85. The summed E-state index contributed by atoms with van der Waals surface area (Å²) in [4.78, 5) is 0. The smallest absolute Gasteiger partial charge is 0.0379 e. The minimum Gasteiger partial charge on any atom is -0.313 e. The third kappa shape index (κ3) is 2.82. The second-order valence-electron chi connectivity index (χ2n) is 3.61. The fraction of sp³-hybridized carbons (Fsp3) is 1.00. The van der Waals surface area contributed by atoms with Crippen LogP contribution in [-0.4, -0.2) is 21.9 Å². The van der Waals surface area contributed by atoms with Gasteiger partial charge in [-0.05, 0) is 34.6 Å². The molecule has 0 heterocycles. The van der Waals surface area contributed by atoms with Crippen molar-refractivity contribution in [1.82, 2.24) is 5.06 Å². The van der Waals surface area contributed by atoms with Crippen LogP contribution in [0.4, 0.5) is 0 Å². The molecule has 0 unspecified atom stereocenters. The summed E-state index contributed by atoms with van der Waals surface area (Å²) in [6, 6.07) is 0.199. The summed E-state index contributed by atoms with van der Waals surface area (Å²) in [5.41, 5.74) is -0.131. The third-order valence-corrected chi connectivity index (χ3v) is 1.18. The molecule has 0 atom stereocenters. The highest BCUT2D eigenvalue weighted by Crippen LogP contribution is 2.12. The molecule has 9 heavy (non-hydrogen) atoms. The maximum absolute atomic E-state index is 9.30. The highest BCUT2D eigenvalue weighted by Gasteiger charge is 2.21. The van der Waals surface area contributed by atoms with Crippen LogP contribution in [0.1, 0.15) is 34.6 Å². The Morgan fingerprint density at radius 3 is 1.56 bits per heavy atom. The molecule has 0 fully saturated rings. The zero-order chi connectivity index (χ0) is 7.65. The summed E-state index contributed by atoms with van der Waals surface area (Å²) in [6.07, 6.45) is 0. The van der Waals surface area contributed by atoms with Crippen molar-refractivity contribution in [1.29, 1.82) is 0 Å². The number of hydrogen-bond acceptors (Lipinski definition) is 2. The van der Waals surface area contributed by atoms with E-state index in [-0.39, 0.29) is 11.6 Å². The van der Waals surface area contributed by atoms with Crippen LogP contribution in [0.5, 0.6) is 0 Å². The molecule has 0 aromatic heterocycles. The lowest BCUT2D eigenvalue weighted by Crippen LogP contribution is -2.43. The molecule has 0 rings (SSSR count). The summed E-state index contributed by atoms with van der Waals surface area (Å²) < 4.78 is 0. The van der Waals surface area contributed by atoms with Crippen molar-refractivity contribution in [2.75, 3.05) is 0 Å². The summed E-state index contributed by atoms with van der Waals surface area (Å²) in [5.74, 6) is 0. The van der Waals surface area contributed by atoms with Gasteiger partial charge >= 0.3 is 0 Å². The van der Waals surface area contributed by atoms with Crippen molar-refractivity contribution in [3.63, 3.8) is 0 Å². The molecule has 0 spiro atoms. The van der Waals surface area contributed by atoms with E-state index in [1.165, 1.54) is 5.06 Å². The predicted octanol–water partition coefficient (Wildman–Crippen LogP) is 1.88.